The molecule has 0 unspecified atom stereocenters. The Morgan fingerprint density at radius 3 is 2.40 bits per heavy atom. The molecular formula is C18H14N2. The molecule has 4 aromatic rings. The summed E-state index contributed by atoms with van der Waals surface area (Å²) in [6, 6.07) is 19.0. The number of benzene rings is 2. The van der Waals surface area contributed by atoms with Crippen molar-refractivity contribution in [1.82, 2.24) is 9.55 Å². The van der Waals surface area contributed by atoms with Gasteiger partial charge in [0.15, 0.2) is 0 Å². The molecule has 20 heavy (non-hydrogen) atoms. The van der Waals surface area contributed by atoms with Gasteiger partial charge in [-0.05, 0) is 30.7 Å². The highest BCUT2D eigenvalue weighted by atomic mass is 15.0. The second-order valence-corrected chi connectivity index (χ2v) is 5.04. The van der Waals surface area contributed by atoms with Crippen LogP contribution in [-0.2, 0) is 0 Å². The summed E-state index contributed by atoms with van der Waals surface area (Å²) in [6.45, 7) is 2.12. The van der Waals surface area contributed by atoms with E-state index in [0.29, 0.717) is 0 Å². The number of rotatable bonds is 1. The van der Waals surface area contributed by atoms with Crippen LogP contribution in [0.15, 0.2) is 67.0 Å². The smallest absolute Gasteiger partial charge is 0.0727 e. The minimum Gasteiger partial charge on any atom is -0.308 e. The Morgan fingerprint density at radius 1 is 0.800 bits per heavy atom. The molecule has 0 spiro atoms. The van der Waals surface area contributed by atoms with Crippen molar-refractivity contribution in [3.63, 3.8) is 0 Å². The SMILES string of the molecule is Cc1cncc2c1c1ccccc1n2-c1ccccc1. The van der Waals surface area contributed by atoms with Gasteiger partial charge in [-0.15, -0.1) is 0 Å². The van der Waals surface area contributed by atoms with Crippen molar-refractivity contribution in [1.29, 1.82) is 0 Å². The van der Waals surface area contributed by atoms with Crippen LogP contribution in [0.1, 0.15) is 5.56 Å². The summed E-state index contributed by atoms with van der Waals surface area (Å²) >= 11 is 0. The van der Waals surface area contributed by atoms with E-state index in [2.05, 4.69) is 65.0 Å². The number of hydrogen-bond acceptors (Lipinski definition) is 1. The predicted molar refractivity (Wildman–Crippen MR) is 83.3 cm³/mol. The van der Waals surface area contributed by atoms with Gasteiger partial charge in [0.2, 0.25) is 0 Å². The van der Waals surface area contributed by atoms with Crippen LogP contribution >= 0.6 is 0 Å². The first-order valence-electron chi connectivity index (χ1n) is 6.75. The maximum Gasteiger partial charge on any atom is 0.0727 e. The summed E-state index contributed by atoms with van der Waals surface area (Å²) in [4.78, 5) is 4.37. The van der Waals surface area contributed by atoms with Crippen LogP contribution < -0.4 is 0 Å². The summed E-state index contributed by atoms with van der Waals surface area (Å²) in [7, 11) is 0. The molecule has 0 saturated heterocycles. The van der Waals surface area contributed by atoms with E-state index in [0.717, 1.165) is 5.52 Å². The van der Waals surface area contributed by atoms with E-state index in [1.54, 1.807) is 0 Å². The fourth-order valence-corrected chi connectivity index (χ4v) is 2.94. The maximum absolute atomic E-state index is 4.37. The van der Waals surface area contributed by atoms with Crippen molar-refractivity contribution in [3.8, 4) is 5.69 Å². The Labute approximate surface area is 117 Å². The van der Waals surface area contributed by atoms with Gasteiger partial charge in [-0.25, -0.2) is 0 Å². The molecule has 0 bridgehead atoms. The largest absolute Gasteiger partial charge is 0.308 e. The molecule has 0 saturated carbocycles. The Morgan fingerprint density at radius 2 is 1.55 bits per heavy atom. The summed E-state index contributed by atoms with van der Waals surface area (Å²) in [6.07, 6.45) is 3.89. The molecule has 2 nitrogen and oxygen atoms in total. The highest BCUT2D eigenvalue weighted by Gasteiger charge is 2.12. The lowest BCUT2D eigenvalue weighted by Gasteiger charge is -2.06. The lowest BCUT2D eigenvalue weighted by atomic mass is 10.1. The number of nitrogens with zero attached hydrogens (tertiary/aromatic N) is 2. The zero-order valence-corrected chi connectivity index (χ0v) is 11.2. The number of para-hydroxylation sites is 2. The third kappa shape index (κ3) is 1.48. The van der Waals surface area contributed by atoms with Crippen LogP contribution in [0.4, 0.5) is 0 Å². The molecule has 0 fully saturated rings. The fourth-order valence-electron chi connectivity index (χ4n) is 2.94. The van der Waals surface area contributed by atoms with E-state index in [4.69, 9.17) is 0 Å². The number of pyridine rings is 1. The molecule has 4 rings (SSSR count). The van der Waals surface area contributed by atoms with Crippen LogP contribution in [0.5, 0.6) is 0 Å². The van der Waals surface area contributed by atoms with Crippen LogP contribution in [-0.4, -0.2) is 9.55 Å². The maximum atomic E-state index is 4.37. The van der Waals surface area contributed by atoms with Gasteiger partial charge in [-0.1, -0.05) is 36.4 Å². The van der Waals surface area contributed by atoms with E-state index in [9.17, 15) is 0 Å². The average molecular weight is 258 g/mol. The summed E-state index contributed by atoms with van der Waals surface area (Å²) in [5.41, 5.74) is 4.78. The first kappa shape index (κ1) is 11.2. The van der Waals surface area contributed by atoms with Gasteiger partial charge in [-0.3, -0.25) is 4.98 Å². The molecule has 0 radical (unpaired) electrons. The van der Waals surface area contributed by atoms with Crippen molar-refractivity contribution < 1.29 is 0 Å². The van der Waals surface area contributed by atoms with E-state index >= 15 is 0 Å². The van der Waals surface area contributed by atoms with E-state index in [1.165, 1.54) is 27.5 Å². The average Bonchev–Trinajstić information content (AvgIpc) is 2.84. The van der Waals surface area contributed by atoms with Gasteiger partial charge >= 0.3 is 0 Å². The van der Waals surface area contributed by atoms with Gasteiger partial charge in [0.25, 0.3) is 0 Å². The first-order chi connectivity index (χ1) is 9.86. The minimum atomic E-state index is 1.16. The monoisotopic (exact) mass is 258 g/mol. The lowest BCUT2D eigenvalue weighted by Crippen LogP contribution is -1.93. The van der Waals surface area contributed by atoms with E-state index in [1.807, 2.05) is 18.5 Å². The third-order valence-corrected chi connectivity index (χ3v) is 3.79. The van der Waals surface area contributed by atoms with E-state index in [-0.39, 0.29) is 0 Å². The zero-order chi connectivity index (χ0) is 13.5. The van der Waals surface area contributed by atoms with Crippen molar-refractivity contribution in [2.24, 2.45) is 0 Å². The molecule has 0 N–H and O–H groups in total. The Bertz CT molecular complexity index is 905. The number of hydrogen-bond donors (Lipinski definition) is 0. The van der Waals surface area contributed by atoms with Crippen molar-refractivity contribution in [2.45, 2.75) is 6.92 Å². The molecule has 96 valence electrons. The summed E-state index contributed by atoms with van der Waals surface area (Å²) in [5.74, 6) is 0. The normalized spacial score (nSPS) is 11.2. The highest BCUT2D eigenvalue weighted by molar-refractivity contribution is 6.10. The molecule has 2 aromatic heterocycles. The Balaban J connectivity index is 2.26. The van der Waals surface area contributed by atoms with Gasteiger partial charge in [-0.2, -0.15) is 0 Å². The van der Waals surface area contributed by atoms with Crippen LogP contribution in [0.25, 0.3) is 27.5 Å². The standard InChI is InChI=1S/C18H14N2/c1-13-11-19-12-17-18(13)15-9-5-6-10-16(15)20(17)14-7-3-2-4-8-14/h2-12H,1H3. The molecule has 0 aliphatic heterocycles. The molecular weight excluding hydrogens is 244 g/mol. The van der Waals surface area contributed by atoms with Gasteiger partial charge < -0.3 is 4.57 Å². The van der Waals surface area contributed by atoms with Crippen LogP contribution in [0.3, 0.4) is 0 Å². The highest BCUT2D eigenvalue weighted by Crippen LogP contribution is 2.32. The number of aromatic nitrogens is 2. The van der Waals surface area contributed by atoms with E-state index < -0.39 is 0 Å². The fraction of sp³-hybridized carbons (Fsp3) is 0.0556. The molecule has 0 atom stereocenters. The lowest BCUT2D eigenvalue weighted by molar-refractivity contribution is 1.16. The summed E-state index contributed by atoms with van der Waals surface area (Å²) < 4.78 is 2.28. The zero-order valence-electron chi connectivity index (χ0n) is 11.2. The van der Waals surface area contributed by atoms with Crippen molar-refractivity contribution >= 4 is 21.8 Å². The molecule has 2 heterocycles. The van der Waals surface area contributed by atoms with Crippen molar-refractivity contribution in [3.05, 3.63) is 72.6 Å². The Kier molecular flexibility index (Phi) is 2.36. The summed E-state index contributed by atoms with van der Waals surface area (Å²) in [5, 5.41) is 2.57. The van der Waals surface area contributed by atoms with Gasteiger partial charge in [0.1, 0.15) is 0 Å². The quantitative estimate of drug-likeness (QED) is 0.492. The molecule has 2 aromatic carbocycles. The second-order valence-electron chi connectivity index (χ2n) is 5.04. The topological polar surface area (TPSA) is 17.8 Å². The van der Waals surface area contributed by atoms with Crippen LogP contribution in [0.2, 0.25) is 0 Å². The minimum absolute atomic E-state index is 1.16. The predicted octanol–water partition coefficient (Wildman–Crippen LogP) is 4.49. The van der Waals surface area contributed by atoms with Crippen LogP contribution in [0, 0.1) is 6.92 Å². The molecule has 2 heteroatoms. The third-order valence-electron chi connectivity index (χ3n) is 3.79. The molecule has 0 aliphatic rings. The number of aryl methyl sites for hydroxylation is 1. The number of fused-ring (bicyclic) bond motifs is 3. The Hall–Kier alpha value is -2.61. The van der Waals surface area contributed by atoms with Gasteiger partial charge in [0.05, 0.1) is 17.2 Å². The molecule has 0 aliphatic carbocycles. The molecule has 0 amide bonds. The first-order valence-corrected chi connectivity index (χ1v) is 6.75. The second kappa shape index (κ2) is 4.20. The van der Waals surface area contributed by atoms with Gasteiger partial charge in [0, 0.05) is 22.7 Å². The van der Waals surface area contributed by atoms with Crippen molar-refractivity contribution in [2.75, 3.05) is 0 Å².